The summed E-state index contributed by atoms with van der Waals surface area (Å²) in [5, 5.41) is 5.21. The lowest BCUT2D eigenvalue weighted by molar-refractivity contribution is -0.121. The van der Waals surface area contributed by atoms with Gasteiger partial charge in [0.15, 0.2) is 9.84 Å². The van der Waals surface area contributed by atoms with E-state index in [1.54, 1.807) is 12.1 Å². The number of carbonyl (C=O) groups is 1. The Morgan fingerprint density at radius 2 is 1.93 bits per heavy atom. The van der Waals surface area contributed by atoms with Gasteiger partial charge in [-0.1, -0.05) is 13.0 Å². The fourth-order valence-corrected chi connectivity index (χ4v) is 4.20. The van der Waals surface area contributed by atoms with Gasteiger partial charge in [0, 0.05) is 35.1 Å². The largest absolute Gasteiger partial charge is 0.496 e. The van der Waals surface area contributed by atoms with Gasteiger partial charge in [-0.2, -0.15) is 5.10 Å². The summed E-state index contributed by atoms with van der Waals surface area (Å²) in [5.74, 6) is 0.451. The molecule has 4 rings (SSSR count). The van der Waals surface area contributed by atoms with Crippen molar-refractivity contribution in [3.05, 3.63) is 48.0 Å². The third-order valence-corrected chi connectivity index (χ3v) is 6.18. The standard InChI is InChI=1S/C21H21N3O4S/c1-12-8-20(25)23-24-21(12)13-4-7-17-14(9-13)10-18(22-17)16-6-5-15(29(3,26)27)11-19(16)28-2/h4-7,9-12,22H,8H2,1-3H3,(H,23,25). The SMILES string of the molecule is COc1cc(S(C)(=O)=O)ccc1-c1cc2cc(C3=NNC(=O)CC3C)ccc2[nH]1. The summed E-state index contributed by atoms with van der Waals surface area (Å²) in [5.41, 5.74) is 6.88. The average molecular weight is 411 g/mol. The minimum Gasteiger partial charge on any atom is -0.496 e. The molecule has 1 aliphatic heterocycles. The quantitative estimate of drug-likeness (QED) is 0.689. The maximum Gasteiger partial charge on any atom is 0.240 e. The lowest BCUT2D eigenvalue weighted by Gasteiger charge is -2.19. The molecule has 29 heavy (non-hydrogen) atoms. The smallest absolute Gasteiger partial charge is 0.240 e. The lowest BCUT2D eigenvalue weighted by atomic mass is 9.93. The molecule has 3 aromatic rings. The van der Waals surface area contributed by atoms with E-state index in [0.717, 1.165) is 33.4 Å². The molecule has 1 amide bonds. The molecule has 0 radical (unpaired) electrons. The molecule has 2 aromatic carbocycles. The summed E-state index contributed by atoms with van der Waals surface area (Å²) in [6.45, 7) is 1.98. The Balaban J connectivity index is 1.76. The molecular formula is C21H21N3O4S. The maximum atomic E-state index is 11.8. The zero-order chi connectivity index (χ0) is 20.8. The second kappa shape index (κ2) is 7.04. The first-order valence-electron chi connectivity index (χ1n) is 9.14. The number of hydrazone groups is 1. The highest BCUT2D eigenvalue weighted by Gasteiger charge is 2.22. The number of hydrogen-bond donors (Lipinski definition) is 2. The van der Waals surface area contributed by atoms with Crippen molar-refractivity contribution in [1.29, 1.82) is 0 Å². The molecule has 0 spiro atoms. The van der Waals surface area contributed by atoms with E-state index in [0.29, 0.717) is 12.2 Å². The Kier molecular flexibility index (Phi) is 4.66. The molecule has 0 saturated heterocycles. The molecule has 0 bridgehead atoms. The molecule has 2 heterocycles. The van der Waals surface area contributed by atoms with Crippen LogP contribution < -0.4 is 10.2 Å². The maximum absolute atomic E-state index is 11.8. The summed E-state index contributed by atoms with van der Waals surface area (Å²) in [6, 6.07) is 12.8. The van der Waals surface area contributed by atoms with Crippen LogP contribution in [-0.4, -0.2) is 38.4 Å². The topological polar surface area (TPSA) is 101 Å². The highest BCUT2D eigenvalue weighted by molar-refractivity contribution is 7.90. The molecule has 7 nitrogen and oxygen atoms in total. The molecule has 0 fully saturated rings. The van der Waals surface area contributed by atoms with E-state index < -0.39 is 9.84 Å². The van der Waals surface area contributed by atoms with Crippen LogP contribution >= 0.6 is 0 Å². The number of aromatic amines is 1. The number of H-pyrrole nitrogens is 1. The normalized spacial score (nSPS) is 17.1. The summed E-state index contributed by atoms with van der Waals surface area (Å²) in [7, 11) is -1.80. The van der Waals surface area contributed by atoms with Crippen molar-refractivity contribution in [2.24, 2.45) is 11.0 Å². The van der Waals surface area contributed by atoms with Crippen LogP contribution in [-0.2, 0) is 14.6 Å². The molecule has 0 aliphatic carbocycles. The molecule has 8 heteroatoms. The Bertz CT molecular complexity index is 1260. The van der Waals surface area contributed by atoms with Crippen molar-refractivity contribution in [3.63, 3.8) is 0 Å². The number of sulfone groups is 1. The van der Waals surface area contributed by atoms with Crippen molar-refractivity contribution < 1.29 is 17.9 Å². The number of rotatable bonds is 4. The number of aromatic nitrogens is 1. The molecule has 1 unspecified atom stereocenters. The molecule has 1 aliphatic rings. The van der Waals surface area contributed by atoms with Crippen LogP contribution in [0.25, 0.3) is 22.2 Å². The van der Waals surface area contributed by atoms with Crippen molar-refractivity contribution >= 4 is 32.4 Å². The second-order valence-electron chi connectivity index (χ2n) is 7.26. The monoisotopic (exact) mass is 411 g/mol. The van der Waals surface area contributed by atoms with E-state index in [2.05, 4.69) is 15.5 Å². The molecule has 150 valence electrons. The molecule has 2 N–H and O–H groups in total. The zero-order valence-electron chi connectivity index (χ0n) is 16.3. The van der Waals surface area contributed by atoms with Gasteiger partial charge in [0.1, 0.15) is 5.75 Å². The van der Waals surface area contributed by atoms with E-state index in [-0.39, 0.29) is 16.7 Å². The Morgan fingerprint density at radius 1 is 1.14 bits per heavy atom. The van der Waals surface area contributed by atoms with Crippen LogP contribution in [0, 0.1) is 5.92 Å². The lowest BCUT2D eigenvalue weighted by Crippen LogP contribution is -2.31. The number of nitrogens with one attached hydrogen (secondary N) is 2. The van der Waals surface area contributed by atoms with Crippen LogP contribution in [0.1, 0.15) is 18.9 Å². The second-order valence-corrected chi connectivity index (χ2v) is 9.27. The first-order chi connectivity index (χ1) is 13.8. The Hall–Kier alpha value is -3.13. The van der Waals surface area contributed by atoms with Crippen molar-refractivity contribution in [2.45, 2.75) is 18.2 Å². The number of nitrogens with zero attached hydrogens (tertiary/aromatic N) is 1. The minimum atomic E-state index is -3.32. The van der Waals surface area contributed by atoms with Crippen LogP contribution in [0.15, 0.2) is 52.5 Å². The number of benzene rings is 2. The number of methoxy groups -OCH3 is 1. The third kappa shape index (κ3) is 3.63. The van der Waals surface area contributed by atoms with Gasteiger partial charge < -0.3 is 9.72 Å². The first kappa shape index (κ1) is 19.2. The number of fused-ring (bicyclic) bond motifs is 1. The highest BCUT2D eigenvalue weighted by Crippen LogP contribution is 2.34. The average Bonchev–Trinajstić information content (AvgIpc) is 3.09. The van der Waals surface area contributed by atoms with E-state index in [1.807, 2.05) is 31.2 Å². The Morgan fingerprint density at radius 3 is 2.62 bits per heavy atom. The van der Waals surface area contributed by atoms with Gasteiger partial charge in [0.05, 0.1) is 23.4 Å². The van der Waals surface area contributed by atoms with E-state index in [1.165, 1.54) is 19.4 Å². The van der Waals surface area contributed by atoms with E-state index >= 15 is 0 Å². The fraction of sp³-hybridized carbons (Fsp3) is 0.238. The van der Waals surface area contributed by atoms with Gasteiger partial charge in [0.25, 0.3) is 0 Å². The van der Waals surface area contributed by atoms with Gasteiger partial charge in [-0.05, 0) is 42.0 Å². The summed E-state index contributed by atoms with van der Waals surface area (Å²) >= 11 is 0. The third-order valence-electron chi connectivity index (χ3n) is 5.07. The van der Waals surface area contributed by atoms with Crippen molar-refractivity contribution in [3.8, 4) is 17.0 Å². The number of ether oxygens (including phenoxy) is 1. The van der Waals surface area contributed by atoms with E-state index in [9.17, 15) is 13.2 Å². The van der Waals surface area contributed by atoms with Crippen LogP contribution in [0.5, 0.6) is 5.75 Å². The predicted octanol–water partition coefficient (Wildman–Crippen LogP) is 3.11. The van der Waals surface area contributed by atoms with Gasteiger partial charge in [-0.15, -0.1) is 0 Å². The molecular weight excluding hydrogens is 390 g/mol. The van der Waals surface area contributed by atoms with Gasteiger partial charge in [-0.25, -0.2) is 13.8 Å². The Labute approximate surface area is 168 Å². The fourth-order valence-electron chi connectivity index (χ4n) is 3.56. The van der Waals surface area contributed by atoms with Gasteiger partial charge in [0.2, 0.25) is 5.91 Å². The van der Waals surface area contributed by atoms with Crippen LogP contribution in [0.2, 0.25) is 0 Å². The minimum absolute atomic E-state index is 0.0447. The van der Waals surface area contributed by atoms with Gasteiger partial charge >= 0.3 is 0 Å². The van der Waals surface area contributed by atoms with Crippen molar-refractivity contribution in [2.75, 3.05) is 13.4 Å². The number of hydrogen-bond acceptors (Lipinski definition) is 5. The summed E-state index contributed by atoms with van der Waals surface area (Å²) in [6.07, 6.45) is 1.59. The van der Waals surface area contributed by atoms with Crippen molar-refractivity contribution in [1.82, 2.24) is 10.4 Å². The van der Waals surface area contributed by atoms with Crippen LogP contribution in [0.3, 0.4) is 0 Å². The zero-order valence-corrected chi connectivity index (χ0v) is 17.1. The number of carbonyl (C=O) groups excluding carboxylic acids is 1. The predicted molar refractivity (Wildman–Crippen MR) is 112 cm³/mol. The summed E-state index contributed by atoms with van der Waals surface area (Å²) < 4.78 is 29.1. The number of amides is 1. The molecule has 0 saturated carbocycles. The van der Waals surface area contributed by atoms with Gasteiger partial charge in [-0.3, -0.25) is 4.79 Å². The van der Waals surface area contributed by atoms with E-state index in [4.69, 9.17) is 4.74 Å². The first-order valence-corrected chi connectivity index (χ1v) is 11.0. The molecule has 1 atom stereocenters. The van der Waals surface area contributed by atoms with Crippen LogP contribution in [0.4, 0.5) is 0 Å². The summed E-state index contributed by atoms with van der Waals surface area (Å²) in [4.78, 5) is 15.1. The molecule has 1 aromatic heterocycles. The highest BCUT2D eigenvalue weighted by atomic mass is 32.2.